The Morgan fingerprint density at radius 3 is 2.39 bits per heavy atom. The lowest BCUT2D eigenvalue weighted by atomic mass is 10.2. The average molecular weight is 475 g/mol. The van der Waals surface area contributed by atoms with Crippen LogP contribution in [0.1, 0.15) is 11.1 Å². The number of rotatable bonds is 12. The molecule has 0 amide bonds. The molecule has 0 aliphatic carbocycles. The van der Waals surface area contributed by atoms with E-state index >= 15 is 0 Å². The highest BCUT2D eigenvalue weighted by Crippen LogP contribution is 2.32. The molecule has 0 spiro atoms. The normalized spacial score (nSPS) is 13.4. The molecule has 1 heterocycles. The Morgan fingerprint density at radius 2 is 1.85 bits per heavy atom. The second kappa shape index (κ2) is 11.6. The SMILES string of the molecule is COCC(COCC(O)C(=O)O)Nc1cnn(Cc2ccc(OC)cc2)c(=O)c1C(F)(F)F. The summed E-state index contributed by atoms with van der Waals surface area (Å²) >= 11 is 0. The van der Waals surface area contributed by atoms with Gasteiger partial charge in [-0.05, 0) is 17.7 Å². The van der Waals surface area contributed by atoms with Gasteiger partial charge in [0.25, 0.3) is 5.56 Å². The van der Waals surface area contributed by atoms with Gasteiger partial charge in [0.15, 0.2) is 6.10 Å². The van der Waals surface area contributed by atoms with Crippen molar-refractivity contribution in [3.8, 4) is 5.75 Å². The zero-order chi connectivity index (χ0) is 24.6. The lowest BCUT2D eigenvalue weighted by molar-refractivity contribution is -0.150. The fourth-order valence-corrected chi connectivity index (χ4v) is 2.83. The lowest BCUT2D eigenvalue weighted by Gasteiger charge is -2.22. The van der Waals surface area contributed by atoms with Crippen molar-refractivity contribution in [3.05, 3.63) is 51.9 Å². The molecule has 182 valence electrons. The first kappa shape index (κ1) is 26.1. The molecule has 33 heavy (non-hydrogen) atoms. The number of hydrogen-bond acceptors (Lipinski definition) is 8. The molecule has 2 atom stereocenters. The molecular formula is C20H24F3N3O7. The number of halogens is 3. The molecule has 2 rings (SSSR count). The fraction of sp³-hybridized carbons (Fsp3) is 0.450. The van der Waals surface area contributed by atoms with Crippen molar-refractivity contribution in [3.63, 3.8) is 0 Å². The van der Waals surface area contributed by atoms with Gasteiger partial charge in [0.2, 0.25) is 0 Å². The van der Waals surface area contributed by atoms with E-state index in [0.717, 1.165) is 6.20 Å². The number of aromatic nitrogens is 2. The zero-order valence-electron chi connectivity index (χ0n) is 17.8. The summed E-state index contributed by atoms with van der Waals surface area (Å²) in [5, 5.41) is 24.3. The van der Waals surface area contributed by atoms with E-state index in [1.54, 1.807) is 24.3 Å². The number of carboxylic acid groups (broad SMARTS) is 1. The minimum atomic E-state index is -4.98. The van der Waals surface area contributed by atoms with Crippen LogP contribution in [-0.4, -0.2) is 72.1 Å². The molecule has 13 heteroatoms. The molecule has 0 bridgehead atoms. The number of hydrogen-bond donors (Lipinski definition) is 3. The number of ether oxygens (including phenoxy) is 3. The van der Waals surface area contributed by atoms with Crippen LogP contribution in [0.25, 0.3) is 0 Å². The van der Waals surface area contributed by atoms with Gasteiger partial charge in [0.1, 0.15) is 11.3 Å². The number of benzene rings is 1. The van der Waals surface area contributed by atoms with Crippen LogP contribution in [0.5, 0.6) is 5.75 Å². The van der Waals surface area contributed by atoms with Crippen LogP contribution in [-0.2, 0) is 27.0 Å². The molecule has 2 aromatic rings. The summed E-state index contributed by atoms with van der Waals surface area (Å²) in [5.74, 6) is -0.952. The molecule has 0 aliphatic rings. The van der Waals surface area contributed by atoms with Gasteiger partial charge in [-0.15, -0.1) is 0 Å². The molecular weight excluding hydrogens is 451 g/mol. The van der Waals surface area contributed by atoms with Crippen molar-refractivity contribution in [1.29, 1.82) is 0 Å². The lowest BCUT2D eigenvalue weighted by Crippen LogP contribution is -2.37. The molecule has 1 aromatic heterocycles. The standard InChI is InChI=1S/C20H24F3N3O7/c1-31-9-13(10-33-11-16(27)19(29)30)25-15-7-24-26(18(28)17(15)20(21,22)23)8-12-3-5-14(32-2)6-4-12/h3-7,13,16,25,27H,8-11H2,1-2H3,(H,29,30). The van der Waals surface area contributed by atoms with Crippen LogP contribution < -0.4 is 15.6 Å². The third kappa shape index (κ3) is 7.44. The zero-order valence-corrected chi connectivity index (χ0v) is 17.8. The number of anilines is 1. The van der Waals surface area contributed by atoms with Crippen LogP contribution in [0, 0.1) is 0 Å². The van der Waals surface area contributed by atoms with E-state index in [1.807, 2.05) is 0 Å². The monoisotopic (exact) mass is 475 g/mol. The highest BCUT2D eigenvalue weighted by atomic mass is 19.4. The molecule has 0 saturated heterocycles. The first-order valence-corrected chi connectivity index (χ1v) is 9.61. The number of aliphatic hydroxyl groups excluding tert-OH is 1. The average Bonchev–Trinajstić information content (AvgIpc) is 2.75. The van der Waals surface area contributed by atoms with Crippen LogP contribution in [0.4, 0.5) is 18.9 Å². The predicted molar refractivity (Wildman–Crippen MR) is 109 cm³/mol. The maximum atomic E-state index is 13.8. The Bertz CT molecular complexity index is 980. The number of methoxy groups -OCH3 is 2. The quantitative estimate of drug-likeness (QED) is 0.414. The minimum absolute atomic E-state index is 0.130. The first-order valence-electron chi connectivity index (χ1n) is 9.61. The fourth-order valence-electron chi connectivity index (χ4n) is 2.83. The number of nitrogens with zero attached hydrogens (tertiary/aromatic N) is 2. The Hall–Kier alpha value is -3.16. The maximum absolute atomic E-state index is 13.8. The van der Waals surface area contributed by atoms with Gasteiger partial charge in [0, 0.05) is 7.11 Å². The van der Waals surface area contributed by atoms with E-state index in [4.69, 9.17) is 19.3 Å². The van der Waals surface area contributed by atoms with Crippen molar-refractivity contribution < 1.29 is 42.4 Å². The molecule has 0 radical (unpaired) electrons. The van der Waals surface area contributed by atoms with Gasteiger partial charge in [-0.1, -0.05) is 12.1 Å². The van der Waals surface area contributed by atoms with E-state index in [1.165, 1.54) is 14.2 Å². The maximum Gasteiger partial charge on any atom is 0.423 e. The molecule has 3 N–H and O–H groups in total. The van der Waals surface area contributed by atoms with Crippen LogP contribution in [0.3, 0.4) is 0 Å². The van der Waals surface area contributed by atoms with Crippen molar-refractivity contribution >= 4 is 11.7 Å². The van der Waals surface area contributed by atoms with Crippen LogP contribution >= 0.6 is 0 Å². The number of nitrogens with one attached hydrogen (secondary N) is 1. The summed E-state index contributed by atoms with van der Waals surface area (Å²) in [7, 11) is 2.77. The Balaban J connectivity index is 2.26. The van der Waals surface area contributed by atoms with Gasteiger partial charge in [-0.3, -0.25) is 4.79 Å². The molecule has 0 saturated carbocycles. The summed E-state index contributed by atoms with van der Waals surface area (Å²) in [6.07, 6.45) is -5.90. The second-order valence-corrected chi connectivity index (χ2v) is 6.93. The van der Waals surface area contributed by atoms with E-state index in [9.17, 15) is 27.9 Å². The largest absolute Gasteiger partial charge is 0.497 e. The number of aliphatic hydroxyl groups is 1. The van der Waals surface area contributed by atoms with E-state index in [-0.39, 0.29) is 19.8 Å². The van der Waals surface area contributed by atoms with Crippen molar-refractivity contribution in [2.75, 3.05) is 39.4 Å². The highest BCUT2D eigenvalue weighted by molar-refractivity contribution is 5.72. The molecule has 2 unspecified atom stereocenters. The smallest absolute Gasteiger partial charge is 0.423 e. The van der Waals surface area contributed by atoms with Gasteiger partial charge < -0.3 is 29.7 Å². The van der Waals surface area contributed by atoms with Gasteiger partial charge in [-0.2, -0.15) is 18.3 Å². The van der Waals surface area contributed by atoms with Crippen LogP contribution in [0.15, 0.2) is 35.3 Å². The van der Waals surface area contributed by atoms with Crippen molar-refractivity contribution in [2.45, 2.75) is 24.9 Å². The van der Waals surface area contributed by atoms with E-state index in [0.29, 0.717) is 16.0 Å². The second-order valence-electron chi connectivity index (χ2n) is 6.93. The van der Waals surface area contributed by atoms with Crippen LogP contribution in [0.2, 0.25) is 0 Å². The predicted octanol–water partition coefficient (Wildman–Crippen LogP) is 1.21. The molecule has 10 nitrogen and oxygen atoms in total. The van der Waals surface area contributed by atoms with Gasteiger partial charge >= 0.3 is 12.1 Å². The number of alkyl halides is 3. The molecule has 0 aliphatic heterocycles. The summed E-state index contributed by atoms with van der Waals surface area (Å²) in [5.41, 5.74) is -2.83. The third-order valence-corrected chi connectivity index (χ3v) is 4.43. The van der Waals surface area contributed by atoms with Gasteiger partial charge in [0.05, 0.1) is 51.4 Å². The minimum Gasteiger partial charge on any atom is -0.497 e. The van der Waals surface area contributed by atoms with E-state index < -0.39 is 47.7 Å². The summed E-state index contributed by atoms with van der Waals surface area (Å²) in [6, 6.07) is 5.53. The Kier molecular flexibility index (Phi) is 9.20. The summed E-state index contributed by atoms with van der Waals surface area (Å²) in [4.78, 5) is 23.3. The van der Waals surface area contributed by atoms with E-state index in [2.05, 4.69) is 10.4 Å². The van der Waals surface area contributed by atoms with Crippen molar-refractivity contribution in [1.82, 2.24) is 9.78 Å². The third-order valence-electron chi connectivity index (χ3n) is 4.43. The van der Waals surface area contributed by atoms with Gasteiger partial charge in [-0.25, -0.2) is 9.48 Å². The number of carboxylic acids is 1. The number of aliphatic carboxylic acids is 1. The summed E-state index contributed by atoms with van der Waals surface area (Å²) in [6.45, 7) is -1.20. The number of carbonyl (C=O) groups is 1. The molecule has 0 fully saturated rings. The Morgan fingerprint density at radius 1 is 1.18 bits per heavy atom. The van der Waals surface area contributed by atoms with Crippen molar-refractivity contribution in [2.24, 2.45) is 0 Å². The summed E-state index contributed by atoms with van der Waals surface area (Å²) < 4.78 is 57.0. The highest BCUT2D eigenvalue weighted by Gasteiger charge is 2.38. The first-order chi connectivity index (χ1) is 15.6. The topological polar surface area (TPSA) is 132 Å². The molecule has 1 aromatic carbocycles. The Labute approximate surface area is 186 Å².